The summed E-state index contributed by atoms with van der Waals surface area (Å²) >= 11 is 5.23. The summed E-state index contributed by atoms with van der Waals surface area (Å²) in [4.78, 5) is 0. The van der Waals surface area contributed by atoms with Crippen molar-refractivity contribution < 1.29 is 9.84 Å². The van der Waals surface area contributed by atoms with E-state index in [1.54, 1.807) is 37.6 Å². The summed E-state index contributed by atoms with van der Waals surface area (Å²) in [7, 11) is 1.61. The van der Waals surface area contributed by atoms with Crippen LogP contribution in [0.3, 0.4) is 0 Å². The van der Waals surface area contributed by atoms with Gasteiger partial charge in [0.05, 0.1) is 13.3 Å². The summed E-state index contributed by atoms with van der Waals surface area (Å²) in [6.07, 6.45) is 1.65. The summed E-state index contributed by atoms with van der Waals surface area (Å²) < 4.78 is 7.15. The molecule has 7 heteroatoms. The van der Waals surface area contributed by atoms with Gasteiger partial charge in [0.15, 0.2) is 5.82 Å². The third-order valence-electron chi connectivity index (χ3n) is 3.19. The predicted octanol–water partition coefficient (Wildman–Crippen LogP) is 3.20. The smallest absolute Gasteiger partial charge is 0.216 e. The lowest BCUT2D eigenvalue weighted by Crippen LogP contribution is -1.95. The van der Waals surface area contributed by atoms with Crippen molar-refractivity contribution in [2.24, 2.45) is 5.10 Å². The van der Waals surface area contributed by atoms with Gasteiger partial charge in [0.1, 0.15) is 11.5 Å². The maximum atomic E-state index is 9.30. The Kier molecular flexibility index (Phi) is 4.20. The fourth-order valence-corrected chi connectivity index (χ4v) is 2.21. The SMILES string of the molecule is COc1cccc(-c2n[nH]c(=S)n2/N=C/c2ccc(O)cc2)c1. The van der Waals surface area contributed by atoms with Crippen molar-refractivity contribution in [3.63, 3.8) is 0 Å². The fourth-order valence-electron chi connectivity index (χ4n) is 2.03. The molecule has 0 aliphatic rings. The van der Waals surface area contributed by atoms with Gasteiger partial charge in [-0.25, -0.2) is 5.10 Å². The molecule has 116 valence electrons. The Morgan fingerprint density at radius 2 is 2.04 bits per heavy atom. The lowest BCUT2D eigenvalue weighted by Gasteiger charge is -2.03. The van der Waals surface area contributed by atoms with E-state index in [4.69, 9.17) is 17.0 Å². The molecule has 2 N–H and O–H groups in total. The zero-order chi connectivity index (χ0) is 16.2. The van der Waals surface area contributed by atoms with E-state index in [1.165, 1.54) is 4.68 Å². The number of hydrogen-bond donors (Lipinski definition) is 2. The summed E-state index contributed by atoms with van der Waals surface area (Å²) in [5, 5.41) is 20.6. The van der Waals surface area contributed by atoms with E-state index in [1.807, 2.05) is 24.3 Å². The Labute approximate surface area is 137 Å². The first-order valence-electron chi connectivity index (χ1n) is 6.82. The highest BCUT2D eigenvalue weighted by atomic mass is 32.1. The molecule has 3 rings (SSSR count). The number of aromatic nitrogens is 3. The van der Waals surface area contributed by atoms with E-state index in [9.17, 15) is 5.11 Å². The van der Waals surface area contributed by atoms with E-state index >= 15 is 0 Å². The molecule has 6 nitrogen and oxygen atoms in total. The third kappa shape index (κ3) is 3.29. The minimum absolute atomic E-state index is 0.208. The average Bonchev–Trinajstić information content (AvgIpc) is 2.95. The molecular formula is C16H14N4O2S. The number of rotatable bonds is 4. The van der Waals surface area contributed by atoms with Crippen molar-refractivity contribution in [2.75, 3.05) is 7.11 Å². The van der Waals surface area contributed by atoms with Crippen molar-refractivity contribution in [1.82, 2.24) is 14.9 Å². The second kappa shape index (κ2) is 6.45. The molecule has 0 saturated heterocycles. The van der Waals surface area contributed by atoms with Crippen LogP contribution in [0.5, 0.6) is 11.5 Å². The number of nitrogens with zero attached hydrogens (tertiary/aromatic N) is 3. The molecule has 0 unspecified atom stereocenters. The van der Waals surface area contributed by atoms with Crippen LogP contribution in [0.1, 0.15) is 5.56 Å². The van der Waals surface area contributed by atoms with Crippen LogP contribution in [0.25, 0.3) is 11.4 Å². The largest absolute Gasteiger partial charge is 0.508 e. The van der Waals surface area contributed by atoms with E-state index in [2.05, 4.69) is 15.3 Å². The van der Waals surface area contributed by atoms with Crippen molar-refractivity contribution in [3.05, 3.63) is 58.9 Å². The first-order valence-corrected chi connectivity index (χ1v) is 7.23. The maximum Gasteiger partial charge on any atom is 0.216 e. The number of aromatic amines is 1. The molecule has 0 aliphatic carbocycles. The topological polar surface area (TPSA) is 75.4 Å². The molecule has 0 bridgehead atoms. The molecule has 1 heterocycles. The highest BCUT2D eigenvalue weighted by Crippen LogP contribution is 2.22. The van der Waals surface area contributed by atoms with Crippen molar-refractivity contribution in [2.45, 2.75) is 0 Å². The molecule has 3 aromatic rings. The molecular weight excluding hydrogens is 312 g/mol. The molecule has 0 saturated carbocycles. The number of phenolic OH excluding ortho intramolecular Hbond substituents is 1. The third-order valence-corrected chi connectivity index (χ3v) is 3.46. The van der Waals surface area contributed by atoms with Crippen molar-refractivity contribution in [3.8, 4) is 22.9 Å². The Balaban J connectivity index is 1.98. The number of hydrogen-bond acceptors (Lipinski definition) is 5. The highest BCUT2D eigenvalue weighted by Gasteiger charge is 2.08. The molecule has 0 atom stereocenters. The molecule has 0 radical (unpaired) electrons. The Morgan fingerprint density at radius 3 is 2.78 bits per heavy atom. The monoisotopic (exact) mass is 326 g/mol. The van der Waals surface area contributed by atoms with E-state index < -0.39 is 0 Å². The number of ether oxygens (including phenoxy) is 1. The molecule has 2 aromatic carbocycles. The zero-order valence-electron chi connectivity index (χ0n) is 12.3. The van der Waals surface area contributed by atoms with Gasteiger partial charge in [0.2, 0.25) is 4.77 Å². The van der Waals surface area contributed by atoms with E-state index in [-0.39, 0.29) is 5.75 Å². The van der Waals surface area contributed by atoms with Crippen LogP contribution in [-0.2, 0) is 0 Å². The van der Waals surface area contributed by atoms with Crippen LogP contribution in [0.15, 0.2) is 53.6 Å². The van der Waals surface area contributed by atoms with E-state index in [0.29, 0.717) is 10.6 Å². The molecule has 0 amide bonds. The Morgan fingerprint density at radius 1 is 1.26 bits per heavy atom. The number of methoxy groups -OCH3 is 1. The van der Waals surface area contributed by atoms with Gasteiger partial charge in [0, 0.05) is 5.56 Å². The number of aromatic hydroxyl groups is 1. The van der Waals surface area contributed by atoms with Gasteiger partial charge in [0.25, 0.3) is 0 Å². The second-order valence-corrected chi connectivity index (χ2v) is 5.12. The molecule has 1 aromatic heterocycles. The Hall–Kier alpha value is -2.93. The quantitative estimate of drug-likeness (QED) is 0.570. The normalized spacial score (nSPS) is 11.0. The van der Waals surface area contributed by atoms with Crippen molar-refractivity contribution >= 4 is 18.4 Å². The first kappa shape index (κ1) is 15.0. The second-order valence-electron chi connectivity index (χ2n) is 4.73. The van der Waals surface area contributed by atoms with Crippen LogP contribution in [0.2, 0.25) is 0 Å². The number of nitrogens with one attached hydrogen (secondary N) is 1. The van der Waals surface area contributed by atoms with Crippen LogP contribution in [-0.4, -0.2) is 33.3 Å². The van der Waals surface area contributed by atoms with Gasteiger partial charge in [-0.15, -0.1) is 0 Å². The van der Waals surface area contributed by atoms with Gasteiger partial charge in [-0.1, -0.05) is 12.1 Å². The molecule has 0 fully saturated rings. The molecule has 0 spiro atoms. The molecule has 23 heavy (non-hydrogen) atoms. The van der Waals surface area contributed by atoms with Crippen LogP contribution >= 0.6 is 12.2 Å². The summed E-state index contributed by atoms with van der Waals surface area (Å²) in [6, 6.07) is 14.2. The van der Waals surface area contributed by atoms with Gasteiger partial charge in [-0.2, -0.15) is 14.9 Å². The standard InChI is InChI=1S/C16H14N4O2S/c1-22-14-4-2-3-12(9-14)15-18-19-16(23)20(15)17-10-11-5-7-13(21)8-6-11/h2-10,21H,1H3,(H,19,23)/b17-10+. The number of H-pyrrole nitrogens is 1. The van der Waals surface area contributed by atoms with Crippen LogP contribution < -0.4 is 4.74 Å². The zero-order valence-corrected chi connectivity index (χ0v) is 13.1. The fraction of sp³-hybridized carbons (Fsp3) is 0.0625. The number of phenols is 1. The lowest BCUT2D eigenvalue weighted by atomic mass is 10.2. The van der Waals surface area contributed by atoms with Crippen molar-refractivity contribution in [1.29, 1.82) is 0 Å². The van der Waals surface area contributed by atoms with E-state index in [0.717, 1.165) is 16.9 Å². The maximum absolute atomic E-state index is 9.30. The summed E-state index contributed by atoms with van der Waals surface area (Å²) in [5.41, 5.74) is 1.67. The van der Waals surface area contributed by atoms with Gasteiger partial charge in [-0.3, -0.25) is 0 Å². The highest BCUT2D eigenvalue weighted by molar-refractivity contribution is 7.71. The Bertz CT molecular complexity index is 897. The predicted molar refractivity (Wildman–Crippen MR) is 90.5 cm³/mol. The lowest BCUT2D eigenvalue weighted by molar-refractivity contribution is 0.415. The van der Waals surface area contributed by atoms with Gasteiger partial charge in [-0.05, 0) is 54.2 Å². The molecule has 0 aliphatic heterocycles. The van der Waals surface area contributed by atoms with Gasteiger partial charge >= 0.3 is 0 Å². The average molecular weight is 326 g/mol. The minimum Gasteiger partial charge on any atom is -0.508 e. The minimum atomic E-state index is 0.208. The van der Waals surface area contributed by atoms with Crippen LogP contribution in [0, 0.1) is 4.77 Å². The number of benzene rings is 2. The summed E-state index contributed by atoms with van der Waals surface area (Å²) in [6.45, 7) is 0. The first-order chi connectivity index (χ1) is 11.2. The van der Waals surface area contributed by atoms with Gasteiger partial charge < -0.3 is 9.84 Å². The summed E-state index contributed by atoms with van der Waals surface area (Å²) in [5.74, 6) is 1.52. The van der Waals surface area contributed by atoms with Crippen LogP contribution in [0.4, 0.5) is 0 Å².